The summed E-state index contributed by atoms with van der Waals surface area (Å²) in [6.45, 7) is 4.26. The van der Waals surface area contributed by atoms with Gasteiger partial charge in [-0.25, -0.2) is 0 Å². The number of hydrogen-bond acceptors (Lipinski definition) is 6. The van der Waals surface area contributed by atoms with Crippen molar-refractivity contribution in [2.75, 3.05) is 12.8 Å². The van der Waals surface area contributed by atoms with Crippen LogP contribution in [0.3, 0.4) is 0 Å². The summed E-state index contributed by atoms with van der Waals surface area (Å²) in [7, 11) is 1.63. The van der Waals surface area contributed by atoms with Crippen LogP contribution in [0.2, 0.25) is 0 Å². The van der Waals surface area contributed by atoms with Gasteiger partial charge in [0, 0.05) is 23.1 Å². The summed E-state index contributed by atoms with van der Waals surface area (Å²) in [6.07, 6.45) is 0.833. The summed E-state index contributed by atoms with van der Waals surface area (Å²) in [5.41, 5.74) is 6.41. The average molecular weight is 293 g/mol. The van der Waals surface area contributed by atoms with Crippen LogP contribution in [0.1, 0.15) is 25.6 Å². The third kappa shape index (κ3) is 3.90. The van der Waals surface area contributed by atoms with E-state index in [9.17, 15) is 0 Å². The highest BCUT2D eigenvalue weighted by atomic mass is 32.2. The number of nitrogen functional groups attached to an aromatic ring is 1. The molecule has 0 saturated carbocycles. The first kappa shape index (κ1) is 14.7. The van der Waals surface area contributed by atoms with E-state index in [2.05, 4.69) is 24.0 Å². The molecule has 108 valence electrons. The lowest BCUT2D eigenvalue weighted by atomic mass is 10.1. The van der Waals surface area contributed by atoms with Crippen LogP contribution in [0, 0.1) is 5.92 Å². The van der Waals surface area contributed by atoms with Crippen LogP contribution in [-0.2, 0) is 12.2 Å². The van der Waals surface area contributed by atoms with Crippen molar-refractivity contribution < 1.29 is 9.26 Å². The molecule has 0 fully saturated rings. The van der Waals surface area contributed by atoms with Crippen LogP contribution in [0.25, 0.3) is 0 Å². The van der Waals surface area contributed by atoms with E-state index in [-0.39, 0.29) is 0 Å². The summed E-state index contributed by atoms with van der Waals surface area (Å²) < 4.78 is 10.5. The Morgan fingerprint density at radius 2 is 2.20 bits per heavy atom. The molecule has 0 radical (unpaired) electrons. The molecule has 2 aromatic rings. The Kier molecular flexibility index (Phi) is 4.89. The maximum Gasteiger partial charge on any atom is 0.237 e. The molecule has 0 atom stereocenters. The van der Waals surface area contributed by atoms with Gasteiger partial charge in [0.2, 0.25) is 5.89 Å². The number of methoxy groups -OCH3 is 1. The highest BCUT2D eigenvalue weighted by Gasteiger charge is 2.10. The summed E-state index contributed by atoms with van der Waals surface area (Å²) in [6, 6.07) is 5.59. The normalized spacial score (nSPS) is 11.0. The van der Waals surface area contributed by atoms with E-state index in [0.717, 1.165) is 22.9 Å². The van der Waals surface area contributed by atoms with Gasteiger partial charge in [0.1, 0.15) is 5.75 Å². The van der Waals surface area contributed by atoms with Crippen LogP contribution in [0.4, 0.5) is 5.69 Å². The van der Waals surface area contributed by atoms with Crippen LogP contribution >= 0.6 is 11.8 Å². The minimum Gasteiger partial charge on any atom is -0.496 e. The molecule has 2 N–H and O–H groups in total. The fourth-order valence-electron chi connectivity index (χ4n) is 1.74. The number of thioether (sulfide) groups is 1. The van der Waals surface area contributed by atoms with Gasteiger partial charge < -0.3 is 15.0 Å². The predicted octanol–water partition coefficient (Wildman–Crippen LogP) is 3.15. The van der Waals surface area contributed by atoms with Crippen molar-refractivity contribution in [3.8, 4) is 5.75 Å². The number of nitrogens with two attached hydrogens (primary N) is 1. The first-order chi connectivity index (χ1) is 9.58. The molecule has 0 amide bonds. The molecule has 0 bridgehead atoms. The van der Waals surface area contributed by atoms with Crippen LogP contribution < -0.4 is 10.5 Å². The van der Waals surface area contributed by atoms with Crippen molar-refractivity contribution in [3.05, 3.63) is 29.9 Å². The number of ether oxygens (including phenoxy) is 1. The lowest BCUT2D eigenvalue weighted by molar-refractivity contribution is 0.382. The summed E-state index contributed by atoms with van der Waals surface area (Å²) in [5, 5.41) is 3.97. The van der Waals surface area contributed by atoms with E-state index >= 15 is 0 Å². The fourth-order valence-corrected chi connectivity index (χ4v) is 2.58. The van der Waals surface area contributed by atoms with Gasteiger partial charge in [0.15, 0.2) is 5.82 Å². The zero-order valence-electron chi connectivity index (χ0n) is 11.9. The molecule has 0 aliphatic heterocycles. The van der Waals surface area contributed by atoms with E-state index < -0.39 is 0 Å². The summed E-state index contributed by atoms with van der Waals surface area (Å²) in [5.74, 6) is 3.29. The smallest absolute Gasteiger partial charge is 0.237 e. The topological polar surface area (TPSA) is 74.2 Å². The molecular weight excluding hydrogens is 274 g/mol. The third-order valence-electron chi connectivity index (χ3n) is 2.64. The number of anilines is 1. The molecule has 1 aromatic heterocycles. The Bertz CT molecular complexity index is 569. The highest BCUT2D eigenvalue weighted by molar-refractivity contribution is 7.98. The molecular formula is C14H19N3O2S. The Morgan fingerprint density at radius 1 is 1.40 bits per heavy atom. The van der Waals surface area contributed by atoms with Crippen molar-refractivity contribution in [2.24, 2.45) is 5.92 Å². The van der Waals surface area contributed by atoms with Gasteiger partial charge in [0.05, 0.1) is 12.9 Å². The zero-order valence-corrected chi connectivity index (χ0v) is 12.7. The molecule has 1 heterocycles. The average Bonchev–Trinajstić information content (AvgIpc) is 2.84. The molecule has 0 saturated heterocycles. The highest BCUT2D eigenvalue weighted by Crippen LogP contribution is 2.32. The Balaban J connectivity index is 2.00. The molecule has 5 nitrogen and oxygen atoms in total. The second kappa shape index (κ2) is 6.65. The maximum absolute atomic E-state index is 5.73. The van der Waals surface area contributed by atoms with E-state index in [1.54, 1.807) is 24.9 Å². The Labute approximate surface area is 122 Å². The Morgan fingerprint density at radius 3 is 2.90 bits per heavy atom. The zero-order chi connectivity index (χ0) is 14.5. The molecule has 0 unspecified atom stereocenters. The van der Waals surface area contributed by atoms with Crippen LogP contribution in [0.5, 0.6) is 5.75 Å². The molecule has 0 aliphatic carbocycles. The SMILES string of the molecule is COc1cc(N)ccc1SCc1nc(CC(C)C)no1. The van der Waals surface area contributed by atoms with Crippen molar-refractivity contribution >= 4 is 17.4 Å². The number of rotatable bonds is 6. The van der Waals surface area contributed by atoms with Gasteiger partial charge >= 0.3 is 0 Å². The van der Waals surface area contributed by atoms with E-state index in [0.29, 0.717) is 23.2 Å². The largest absolute Gasteiger partial charge is 0.496 e. The van der Waals surface area contributed by atoms with Gasteiger partial charge in [-0.1, -0.05) is 19.0 Å². The molecule has 0 aliphatic rings. The Hall–Kier alpha value is -1.69. The van der Waals surface area contributed by atoms with Gasteiger partial charge in [-0.3, -0.25) is 0 Å². The van der Waals surface area contributed by atoms with E-state index in [1.165, 1.54) is 0 Å². The van der Waals surface area contributed by atoms with Crippen LogP contribution in [0.15, 0.2) is 27.6 Å². The summed E-state index contributed by atoms with van der Waals surface area (Å²) in [4.78, 5) is 5.38. The fraction of sp³-hybridized carbons (Fsp3) is 0.429. The lowest BCUT2D eigenvalue weighted by Gasteiger charge is -2.07. The van der Waals surface area contributed by atoms with Crippen LogP contribution in [-0.4, -0.2) is 17.3 Å². The second-order valence-corrected chi connectivity index (χ2v) is 5.92. The van der Waals surface area contributed by atoms with E-state index in [4.69, 9.17) is 15.0 Å². The number of hydrogen-bond donors (Lipinski definition) is 1. The number of aromatic nitrogens is 2. The molecule has 2 rings (SSSR count). The molecule has 1 aromatic carbocycles. The molecule has 20 heavy (non-hydrogen) atoms. The molecule has 6 heteroatoms. The van der Waals surface area contributed by atoms with Crippen molar-refractivity contribution in [1.82, 2.24) is 10.1 Å². The van der Waals surface area contributed by atoms with Crippen molar-refractivity contribution in [3.63, 3.8) is 0 Å². The minimum absolute atomic E-state index is 0.519. The third-order valence-corrected chi connectivity index (χ3v) is 3.68. The van der Waals surface area contributed by atoms with Crippen molar-refractivity contribution in [2.45, 2.75) is 30.9 Å². The first-order valence-electron chi connectivity index (χ1n) is 6.46. The predicted molar refractivity (Wildman–Crippen MR) is 79.8 cm³/mol. The quantitative estimate of drug-likeness (QED) is 0.651. The lowest BCUT2D eigenvalue weighted by Crippen LogP contribution is -1.96. The van der Waals surface area contributed by atoms with Gasteiger partial charge in [-0.05, 0) is 18.1 Å². The first-order valence-corrected chi connectivity index (χ1v) is 7.45. The molecule has 0 spiro atoms. The number of benzene rings is 1. The number of nitrogens with zero attached hydrogens (tertiary/aromatic N) is 2. The van der Waals surface area contributed by atoms with Gasteiger partial charge in [0.25, 0.3) is 0 Å². The maximum atomic E-state index is 5.73. The summed E-state index contributed by atoms with van der Waals surface area (Å²) >= 11 is 1.59. The van der Waals surface area contributed by atoms with Crippen molar-refractivity contribution in [1.29, 1.82) is 0 Å². The van der Waals surface area contributed by atoms with Gasteiger partial charge in [-0.15, -0.1) is 11.8 Å². The monoisotopic (exact) mass is 293 g/mol. The standard InChI is InChI=1S/C14H19N3O2S/c1-9(2)6-13-16-14(19-17-13)8-20-12-5-4-10(15)7-11(12)18-3/h4-5,7,9H,6,8,15H2,1-3H3. The van der Waals surface area contributed by atoms with Gasteiger partial charge in [-0.2, -0.15) is 4.98 Å². The second-order valence-electron chi connectivity index (χ2n) is 4.90. The minimum atomic E-state index is 0.519. The van der Waals surface area contributed by atoms with E-state index in [1.807, 2.05) is 12.1 Å².